The number of benzene rings is 1. The first-order valence-electron chi connectivity index (χ1n) is 6.40. The fourth-order valence-corrected chi connectivity index (χ4v) is 2.90. The Bertz CT molecular complexity index is 750. The number of aryl methyl sites for hydroxylation is 1. The summed E-state index contributed by atoms with van der Waals surface area (Å²) < 4.78 is 0. The largest absolute Gasteiger partial charge is 0.399 e. The molecule has 5 heteroatoms. The number of pyridine rings is 1. The zero-order valence-electron chi connectivity index (χ0n) is 11.5. The molecule has 0 bridgehead atoms. The lowest BCUT2D eigenvalue weighted by molar-refractivity contribution is 0.893. The van der Waals surface area contributed by atoms with E-state index in [1.807, 2.05) is 37.4 Å². The highest BCUT2D eigenvalue weighted by atomic mass is 32.1. The molecular formula is C15H16N4S. The molecule has 2 aromatic heterocycles. The Kier molecular flexibility index (Phi) is 3.28. The van der Waals surface area contributed by atoms with Gasteiger partial charge >= 0.3 is 0 Å². The van der Waals surface area contributed by atoms with Crippen LogP contribution in [0.25, 0.3) is 10.9 Å². The second-order valence-corrected chi connectivity index (χ2v) is 5.88. The van der Waals surface area contributed by atoms with Crippen molar-refractivity contribution in [1.82, 2.24) is 9.97 Å². The molecular weight excluding hydrogens is 268 g/mol. The normalized spacial score (nSPS) is 10.9. The lowest BCUT2D eigenvalue weighted by Crippen LogP contribution is -2.17. The number of aromatic nitrogens is 2. The summed E-state index contributed by atoms with van der Waals surface area (Å²) in [7, 11) is 2.07. The summed E-state index contributed by atoms with van der Waals surface area (Å²) >= 11 is 1.68. The Hall–Kier alpha value is -2.14. The molecule has 2 heterocycles. The van der Waals surface area contributed by atoms with Crippen LogP contribution in [-0.2, 0) is 6.54 Å². The number of hydrogen-bond donors (Lipinski definition) is 1. The van der Waals surface area contributed by atoms with Gasteiger partial charge in [0, 0.05) is 35.4 Å². The number of fused-ring (bicyclic) bond motifs is 1. The highest BCUT2D eigenvalue weighted by Crippen LogP contribution is 2.27. The van der Waals surface area contributed by atoms with E-state index in [1.165, 1.54) is 0 Å². The van der Waals surface area contributed by atoms with Crippen molar-refractivity contribution in [2.75, 3.05) is 17.7 Å². The summed E-state index contributed by atoms with van der Waals surface area (Å²) in [6, 6.07) is 7.86. The molecule has 0 atom stereocenters. The van der Waals surface area contributed by atoms with Gasteiger partial charge in [-0.3, -0.25) is 4.98 Å². The van der Waals surface area contributed by atoms with Gasteiger partial charge in [0.25, 0.3) is 0 Å². The van der Waals surface area contributed by atoms with Crippen molar-refractivity contribution < 1.29 is 0 Å². The highest BCUT2D eigenvalue weighted by Gasteiger charge is 2.09. The summed E-state index contributed by atoms with van der Waals surface area (Å²) in [6.07, 6.45) is 1.82. The number of thiazole rings is 1. The van der Waals surface area contributed by atoms with Gasteiger partial charge in [-0.15, -0.1) is 11.3 Å². The van der Waals surface area contributed by atoms with Gasteiger partial charge < -0.3 is 10.6 Å². The lowest BCUT2D eigenvalue weighted by Gasteiger charge is -2.20. The monoisotopic (exact) mass is 284 g/mol. The number of rotatable bonds is 3. The summed E-state index contributed by atoms with van der Waals surface area (Å²) in [5, 5.41) is 4.31. The maximum atomic E-state index is 5.81. The van der Waals surface area contributed by atoms with Crippen molar-refractivity contribution in [3.63, 3.8) is 0 Å². The molecule has 0 aliphatic carbocycles. The predicted molar refractivity (Wildman–Crippen MR) is 85.1 cm³/mol. The van der Waals surface area contributed by atoms with Gasteiger partial charge in [-0.1, -0.05) is 0 Å². The van der Waals surface area contributed by atoms with E-state index in [0.29, 0.717) is 0 Å². The lowest BCUT2D eigenvalue weighted by atomic mass is 10.1. The zero-order chi connectivity index (χ0) is 14.1. The van der Waals surface area contributed by atoms with Crippen LogP contribution in [0.3, 0.4) is 0 Å². The third-order valence-electron chi connectivity index (χ3n) is 3.22. The molecule has 1 aromatic carbocycles. The fourth-order valence-electron chi connectivity index (χ4n) is 2.29. The zero-order valence-corrected chi connectivity index (χ0v) is 12.3. The SMILES string of the molecule is Cc1nc(CN(C)c2ccnc3cc(N)ccc23)cs1. The van der Waals surface area contributed by atoms with E-state index in [2.05, 4.69) is 27.3 Å². The first-order valence-corrected chi connectivity index (χ1v) is 7.28. The van der Waals surface area contributed by atoms with Gasteiger partial charge in [-0.05, 0) is 31.2 Å². The van der Waals surface area contributed by atoms with Gasteiger partial charge in [0.2, 0.25) is 0 Å². The van der Waals surface area contributed by atoms with Gasteiger partial charge in [-0.25, -0.2) is 4.98 Å². The van der Waals surface area contributed by atoms with Crippen molar-refractivity contribution in [2.45, 2.75) is 13.5 Å². The van der Waals surface area contributed by atoms with E-state index in [4.69, 9.17) is 5.73 Å². The van der Waals surface area contributed by atoms with Crippen LogP contribution >= 0.6 is 11.3 Å². The predicted octanol–water partition coefficient (Wildman–Crippen LogP) is 3.22. The summed E-state index contributed by atoms with van der Waals surface area (Å²) in [5.74, 6) is 0. The van der Waals surface area contributed by atoms with E-state index >= 15 is 0 Å². The molecule has 3 rings (SSSR count). The number of anilines is 2. The number of nitrogens with zero attached hydrogens (tertiary/aromatic N) is 3. The second kappa shape index (κ2) is 5.09. The Morgan fingerprint density at radius 3 is 2.90 bits per heavy atom. The maximum absolute atomic E-state index is 5.81. The molecule has 4 nitrogen and oxygen atoms in total. The number of hydrogen-bond acceptors (Lipinski definition) is 5. The van der Waals surface area contributed by atoms with Crippen LogP contribution in [0.5, 0.6) is 0 Å². The second-order valence-electron chi connectivity index (χ2n) is 4.82. The Labute approximate surface area is 121 Å². The first-order chi connectivity index (χ1) is 9.63. The average molecular weight is 284 g/mol. The van der Waals surface area contributed by atoms with E-state index < -0.39 is 0 Å². The fraction of sp³-hybridized carbons (Fsp3) is 0.200. The Morgan fingerprint density at radius 2 is 2.15 bits per heavy atom. The minimum Gasteiger partial charge on any atom is -0.399 e. The Morgan fingerprint density at radius 1 is 1.30 bits per heavy atom. The van der Waals surface area contributed by atoms with Crippen LogP contribution in [-0.4, -0.2) is 17.0 Å². The van der Waals surface area contributed by atoms with Gasteiger partial charge in [-0.2, -0.15) is 0 Å². The van der Waals surface area contributed by atoms with E-state index in [9.17, 15) is 0 Å². The molecule has 20 heavy (non-hydrogen) atoms. The molecule has 2 N–H and O–H groups in total. The topological polar surface area (TPSA) is 55.0 Å². The summed E-state index contributed by atoms with van der Waals surface area (Å²) in [6.45, 7) is 2.81. The van der Waals surface area contributed by atoms with Crippen molar-refractivity contribution in [3.8, 4) is 0 Å². The van der Waals surface area contributed by atoms with Crippen LogP contribution in [0.2, 0.25) is 0 Å². The molecule has 0 saturated carbocycles. The molecule has 0 aliphatic heterocycles. The molecule has 0 saturated heterocycles. The van der Waals surface area contributed by atoms with Crippen LogP contribution in [0.1, 0.15) is 10.7 Å². The highest BCUT2D eigenvalue weighted by molar-refractivity contribution is 7.09. The van der Waals surface area contributed by atoms with Gasteiger partial charge in [0.1, 0.15) is 0 Å². The molecule has 0 spiro atoms. The molecule has 0 aliphatic rings. The smallest absolute Gasteiger partial charge is 0.0898 e. The third kappa shape index (κ3) is 2.44. The van der Waals surface area contributed by atoms with Crippen LogP contribution in [0.15, 0.2) is 35.8 Å². The minimum atomic E-state index is 0.736. The molecule has 102 valence electrons. The number of nitrogens with two attached hydrogens (primary N) is 1. The van der Waals surface area contributed by atoms with Crippen molar-refractivity contribution in [1.29, 1.82) is 0 Å². The molecule has 0 unspecified atom stereocenters. The maximum Gasteiger partial charge on any atom is 0.0898 e. The van der Waals surface area contributed by atoms with E-state index in [-0.39, 0.29) is 0 Å². The van der Waals surface area contributed by atoms with Crippen molar-refractivity contribution >= 4 is 33.6 Å². The number of nitrogen functional groups attached to an aromatic ring is 1. The van der Waals surface area contributed by atoms with Gasteiger partial charge in [0.05, 0.1) is 22.8 Å². The molecule has 0 radical (unpaired) electrons. The van der Waals surface area contributed by atoms with Crippen LogP contribution < -0.4 is 10.6 Å². The first kappa shape index (κ1) is 12.9. The van der Waals surface area contributed by atoms with E-state index in [0.717, 1.165) is 39.5 Å². The molecule has 3 aromatic rings. The third-order valence-corrected chi connectivity index (χ3v) is 4.04. The van der Waals surface area contributed by atoms with Crippen LogP contribution in [0.4, 0.5) is 11.4 Å². The average Bonchev–Trinajstić information content (AvgIpc) is 2.83. The van der Waals surface area contributed by atoms with Crippen molar-refractivity contribution in [2.24, 2.45) is 0 Å². The van der Waals surface area contributed by atoms with Crippen molar-refractivity contribution in [3.05, 3.63) is 46.5 Å². The van der Waals surface area contributed by atoms with Gasteiger partial charge in [0.15, 0.2) is 0 Å². The summed E-state index contributed by atoms with van der Waals surface area (Å²) in [5.41, 5.74) is 9.70. The minimum absolute atomic E-state index is 0.736. The molecule has 0 amide bonds. The van der Waals surface area contributed by atoms with E-state index in [1.54, 1.807) is 11.3 Å². The Balaban J connectivity index is 1.96. The quantitative estimate of drug-likeness (QED) is 0.750. The van der Waals surface area contributed by atoms with Crippen LogP contribution in [0, 0.1) is 6.92 Å². The summed E-state index contributed by atoms with van der Waals surface area (Å²) in [4.78, 5) is 11.1. The standard InChI is InChI=1S/C15H16N4S/c1-10-18-12(9-20-10)8-19(2)15-5-6-17-14-7-11(16)3-4-13(14)15/h3-7,9H,8,16H2,1-2H3. The molecule has 0 fully saturated rings.